The highest BCUT2D eigenvalue weighted by Crippen LogP contribution is 2.29. The summed E-state index contributed by atoms with van der Waals surface area (Å²) in [4.78, 5) is 29.3. The SMILES string of the molecule is CCCCOc1ccc(C(=O)NCc2nnc(SCC(=O)Nc3nccs3)n2-c2ccccc2OC)cc1. The van der Waals surface area contributed by atoms with Crippen molar-refractivity contribution in [2.24, 2.45) is 0 Å². The molecule has 0 aliphatic carbocycles. The summed E-state index contributed by atoms with van der Waals surface area (Å²) >= 11 is 2.57. The number of ether oxygens (including phenoxy) is 2. The van der Waals surface area contributed by atoms with Crippen LogP contribution in [0.4, 0.5) is 5.13 Å². The highest BCUT2D eigenvalue weighted by molar-refractivity contribution is 7.99. The predicted octanol–water partition coefficient (Wildman–Crippen LogP) is 4.57. The molecule has 0 saturated heterocycles. The molecule has 0 aliphatic heterocycles. The van der Waals surface area contributed by atoms with Gasteiger partial charge >= 0.3 is 0 Å². The van der Waals surface area contributed by atoms with Crippen LogP contribution in [0.5, 0.6) is 11.5 Å². The standard InChI is InChI=1S/C26H28N6O4S2/c1-3-4-14-36-19-11-9-18(10-12-19)24(34)28-16-22-30-31-26(32(22)20-7-5-6-8-21(20)35-2)38-17-23(33)29-25-27-13-15-37-25/h5-13,15H,3-4,14,16-17H2,1-2H3,(H,28,34)(H,27,29,33). The maximum atomic E-state index is 12.8. The minimum Gasteiger partial charge on any atom is -0.495 e. The van der Waals surface area contributed by atoms with Gasteiger partial charge in [-0.25, -0.2) is 4.98 Å². The van der Waals surface area contributed by atoms with Gasteiger partial charge in [-0.3, -0.25) is 14.2 Å². The lowest BCUT2D eigenvalue weighted by Gasteiger charge is -2.14. The van der Waals surface area contributed by atoms with Crippen LogP contribution >= 0.6 is 23.1 Å². The molecule has 0 bridgehead atoms. The van der Waals surface area contributed by atoms with Crippen LogP contribution in [0.3, 0.4) is 0 Å². The van der Waals surface area contributed by atoms with Gasteiger partial charge in [0.1, 0.15) is 11.5 Å². The zero-order valence-corrected chi connectivity index (χ0v) is 22.7. The zero-order valence-electron chi connectivity index (χ0n) is 21.0. The van der Waals surface area contributed by atoms with Crippen LogP contribution in [0.25, 0.3) is 5.69 Å². The number of hydrogen-bond donors (Lipinski definition) is 2. The number of aromatic nitrogens is 4. The first-order valence-corrected chi connectivity index (χ1v) is 13.9. The van der Waals surface area contributed by atoms with E-state index in [2.05, 4.69) is 32.7 Å². The van der Waals surface area contributed by atoms with Crippen molar-refractivity contribution in [3.63, 3.8) is 0 Å². The van der Waals surface area contributed by atoms with Crippen LogP contribution < -0.4 is 20.1 Å². The molecule has 4 rings (SSSR count). The van der Waals surface area contributed by atoms with Crippen molar-refractivity contribution in [3.05, 3.63) is 71.5 Å². The fraction of sp³-hybridized carbons (Fsp3) is 0.269. The maximum absolute atomic E-state index is 12.8. The molecule has 2 aromatic carbocycles. The van der Waals surface area contributed by atoms with Gasteiger partial charge in [0.15, 0.2) is 16.1 Å². The van der Waals surface area contributed by atoms with Gasteiger partial charge in [-0.05, 0) is 42.8 Å². The second-order valence-corrected chi connectivity index (χ2v) is 9.83. The summed E-state index contributed by atoms with van der Waals surface area (Å²) < 4.78 is 13.0. The molecule has 2 amide bonds. The van der Waals surface area contributed by atoms with Gasteiger partial charge in [0.2, 0.25) is 5.91 Å². The number of benzene rings is 2. The molecule has 198 valence electrons. The summed E-state index contributed by atoms with van der Waals surface area (Å²) in [6.45, 7) is 2.87. The number of hydrogen-bond acceptors (Lipinski definition) is 9. The van der Waals surface area contributed by atoms with Crippen molar-refractivity contribution in [1.82, 2.24) is 25.1 Å². The summed E-state index contributed by atoms with van der Waals surface area (Å²) in [7, 11) is 1.58. The lowest BCUT2D eigenvalue weighted by molar-refractivity contribution is -0.113. The highest BCUT2D eigenvalue weighted by atomic mass is 32.2. The molecule has 10 nitrogen and oxygen atoms in total. The number of thiazole rings is 1. The van der Waals surface area contributed by atoms with E-state index in [0.29, 0.717) is 39.7 Å². The minimum absolute atomic E-state index is 0.103. The molecule has 12 heteroatoms. The Morgan fingerprint density at radius 3 is 2.66 bits per heavy atom. The number of para-hydroxylation sites is 2. The average Bonchev–Trinajstić information content (AvgIpc) is 3.60. The van der Waals surface area contributed by atoms with Crippen LogP contribution in [0.2, 0.25) is 0 Å². The predicted molar refractivity (Wildman–Crippen MR) is 147 cm³/mol. The summed E-state index contributed by atoms with van der Waals surface area (Å²) in [5, 5.41) is 17.1. The number of nitrogens with one attached hydrogen (secondary N) is 2. The second kappa shape index (κ2) is 13.6. The summed E-state index contributed by atoms with van der Waals surface area (Å²) in [5.41, 5.74) is 1.20. The van der Waals surface area contributed by atoms with Gasteiger partial charge in [-0.1, -0.05) is 37.2 Å². The first kappa shape index (κ1) is 27.1. The Kier molecular flexibility index (Phi) is 9.71. The summed E-state index contributed by atoms with van der Waals surface area (Å²) in [6.07, 6.45) is 3.66. The highest BCUT2D eigenvalue weighted by Gasteiger charge is 2.19. The third kappa shape index (κ3) is 7.11. The number of methoxy groups -OCH3 is 1. The third-order valence-electron chi connectivity index (χ3n) is 5.33. The van der Waals surface area contributed by atoms with E-state index in [-0.39, 0.29) is 24.1 Å². The third-order valence-corrected chi connectivity index (χ3v) is 6.95. The molecule has 0 spiro atoms. The van der Waals surface area contributed by atoms with Gasteiger partial charge in [-0.2, -0.15) is 0 Å². The quantitative estimate of drug-likeness (QED) is 0.183. The van der Waals surface area contributed by atoms with Gasteiger partial charge < -0.3 is 20.1 Å². The number of thioether (sulfide) groups is 1. The van der Waals surface area contributed by atoms with E-state index < -0.39 is 0 Å². The Bertz CT molecular complexity index is 1340. The molecule has 2 heterocycles. The van der Waals surface area contributed by atoms with E-state index >= 15 is 0 Å². The molecule has 0 unspecified atom stereocenters. The molecular formula is C26H28N6O4S2. The molecule has 0 radical (unpaired) electrons. The van der Waals surface area contributed by atoms with Crippen LogP contribution in [0.1, 0.15) is 35.9 Å². The van der Waals surface area contributed by atoms with Crippen molar-refractivity contribution >= 4 is 40.0 Å². The van der Waals surface area contributed by atoms with Gasteiger partial charge in [0, 0.05) is 17.1 Å². The maximum Gasteiger partial charge on any atom is 0.251 e. The topological polar surface area (TPSA) is 120 Å². The lowest BCUT2D eigenvalue weighted by Crippen LogP contribution is -2.24. The van der Waals surface area contributed by atoms with E-state index in [4.69, 9.17) is 9.47 Å². The average molecular weight is 553 g/mol. The number of nitrogens with zero attached hydrogens (tertiary/aromatic N) is 4. The van der Waals surface area contributed by atoms with Crippen molar-refractivity contribution in [3.8, 4) is 17.2 Å². The summed E-state index contributed by atoms with van der Waals surface area (Å²) in [6, 6.07) is 14.4. The number of amides is 2. The van der Waals surface area contributed by atoms with E-state index in [1.807, 2.05) is 24.3 Å². The zero-order chi connectivity index (χ0) is 26.7. The van der Waals surface area contributed by atoms with Gasteiger partial charge in [0.05, 0.1) is 31.7 Å². The smallest absolute Gasteiger partial charge is 0.251 e. The van der Waals surface area contributed by atoms with Crippen LogP contribution in [-0.2, 0) is 11.3 Å². The molecule has 0 saturated carbocycles. The Labute approximate surface area is 228 Å². The van der Waals surface area contributed by atoms with Crippen LogP contribution in [-0.4, -0.2) is 51.0 Å². The molecule has 0 aliphatic rings. The van der Waals surface area contributed by atoms with Crippen molar-refractivity contribution in [2.45, 2.75) is 31.5 Å². The molecule has 0 atom stereocenters. The molecule has 2 N–H and O–H groups in total. The number of anilines is 1. The monoisotopic (exact) mass is 552 g/mol. The molecule has 0 fully saturated rings. The molecule has 2 aromatic heterocycles. The lowest BCUT2D eigenvalue weighted by atomic mass is 10.2. The van der Waals surface area contributed by atoms with Gasteiger partial charge in [-0.15, -0.1) is 21.5 Å². The summed E-state index contributed by atoms with van der Waals surface area (Å²) in [5.74, 6) is 1.46. The Hall–Kier alpha value is -3.90. The van der Waals surface area contributed by atoms with Crippen LogP contribution in [0.15, 0.2) is 65.3 Å². The second-order valence-electron chi connectivity index (χ2n) is 7.99. The van der Waals surface area contributed by atoms with E-state index in [0.717, 1.165) is 18.6 Å². The Morgan fingerprint density at radius 2 is 1.92 bits per heavy atom. The van der Waals surface area contributed by atoms with Crippen molar-refractivity contribution < 1.29 is 19.1 Å². The van der Waals surface area contributed by atoms with E-state index in [1.165, 1.54) is 23.1 Å². The number of carbonyl (C=O) groups excluding carboxylic acids is 2. The normalized spacial score (nSPS) is 10.7. The minimum atomic E-state index is -0.253. The van der Waals surface area contributed by atoms with Gasteiger partial charge in [0.25, 0.3) is 5.91 Å². The van der Waals surface area contributed by atoms with Crippen LogP contribution in [0, 0.1) is 0 Å². The fourth-order valence-electron chi connectivity index (χ4n) is 3.43. The molecular weight excluding hydrogens is 524 g/mol. The largest absolute Gasteiger partial charge is 0.495 e. The van der Waals surface area contributed by atoms with Crippen molar-refractivity contribution in [1.29, 1.82) is 0 Å². The Balaban J connectivity index is 1.47. The number of unbranched alkanes of at least 4 members (excludes halogenated alkanes) is 1. The Morgan fingerprint density at radius 1 is 1.11 bits per heavy atom. The first-order chi connectivity index (χ1) is 18.6. The van der Waals surface area contributed by atoms with E-state index in [9.17, 15) is 9.59 Å². The molecule has 38 heavy (non-hydrogen) atoms. The first-order valence-electron chi connectivity index (χ1n) is 12.0. The van der Waals surface area contributed by atoms with E-state index in [1.54, 1.807) is 47.5 Å². The number of carbonyl (C=O) groups is 2. The molecule has 4 aromatic rings. The number of rotatable bonds is 13. The van der Waals surface area contributed by atoms with Crippen molar-refractivity contribution in [2.75, 3.05) is 24.8 Å². The fourth-order valence-corrected chi connectivity index (χ4v) is 4.74.